The van der Waals surface area contributed by atoms with Gasteiger partial charge >= 0.3 is 5.97 Å². The molecule has 0 aliphatic heterocycles. The van der Waals surface area contributed by atoms with Crippen LogP contribution in [0.25, 0.3) is 0 Å². The maximum Gasteiger partial charge on any atom is 0.305 e. The molecule has 0 amide bonds. The quantitative estimate of drug-likeness (QED) is 0.0590. The highest BCUT2D eigenvalue weighted by Crippen LogP contribution is 2.26. The van der Waals surface area contributed by atoms with E-state index in [0.717, 1.165) is 38.5 Å². The Balaban J connectivity index is 1.93. The molecule has 1 fully saturated rings. The van der Waals surface area contributed by atoms with Gasteiger partial charge in [-0.2, -0.15) is 0 Å². The molecular formula is C37H74N2O3. The molecule has 0 unspecified atom stereocenters. The van der Waals surface area contributed by atoms with Gasteiger partial charge in [-0.1, -0.05) is 122 Å². The number of hydrogen-bond acceptors (Lipinski definition) is 5. The van der Waals surface area contributed by atoms with Crippen LogP contribution in [0.1, 0.15) is 167 Å². The zero-order valence-corrected chi connectivity index (χ0v) is 28.8. The zero-order chi connectivity index (χ0) is 30.4. The van der Waals surface area contributed by atoms with Gasteiger partial charge in [-0.3, -0.25) is 4.79 Å². The lowest BCUT2D eigenvalue weighted by molar-refractivity contribution is -0.144. The van der Waals surface area contributed by atoms with E-state index in [2.05, 4.69) is 30.8 Å². The minimum Gasteiger partial charge on any atom is -0.466 e. The van der Waals surface area contributed by atoms with Crippen molar-refractivity contribution in [1.82, 2.24) is 9.80 Å². The summed E-state index contributed by atoms with van der Waals surface area (Å²) in [7, 11) is 4.38. The van der Waals surface area contributed by atoms with Crippen molar-refractivity contribution in [1.29, 1.82) is 0 Å². The van der Waals surface area contributed by atoms with Crippen LogP contribution in [0.2, 0.25) is 0 Å². The van der Waals surface area contributed by atoms with Crippen LogP contribution in [0.5, 0.6) is 0 Å². The largest absolute Gasteiger partial charge is 0.466 e. The van der Waals surface area contributed by atoms with E-state index < -0.39 is 0 Å². The van der Waals surface area contributed by atoms with Gasteiger partial charge in [0, 0.05) is 32.7 Å². The van der Waals surface area contributed by atoms with Gasteiger partial charge in [0.15, 0.2) is 0 Å². The molecule has 1 rings (SSSR count). The van der Waals surface area contributed by atoms with Gasteiger partial charge in [-0.05, 0) is 71.6 Å². The fourth-order valence-corrected chi connectivity index (χ4v) is 6.21. The Bertz CT molecular complexity index is 565. The molecule has 1 aliphatic carbocycles. The lowest BCUT2D eigenvalue weighted by atomic mass is 9.87. The van der Waals surface area contributed by atoms with Crippen LogP contribution in [0.4, 0.5) is 0 Å². The van der Waals surface area contributed by atoms with Gasteiger partial charge in [0.05, 0.1) is 6.61 Å². The third-order valence-electron chi connectivity index (χ3n) is 9.14. The average molecular weight is 595 g/mol. The van der Waals surface area contributed by atoms with E-state index in [-0.39, 0.29) is 5.97 Å². The fraction of sp³-hybridized carbons (Fsp3) is 0.973. The molecule has 0 aromatic rings. The van der Waals surface area contributed by atoms with Crippen molar-refractivity contribution >= 4 is 5.97 Å². The number of hydrogen-bond donors (Lipinski definition) is 0. The number of likely N-dealkylation sites (N-methyl/N-ethyl adjacent to an activating group) is 1. The minimum absolute atomic E-state index is 0.0259. The zero-order valence-electron chi connectivity index (χ0n) is 28.8. The van der Waals surface area contributed by atoms with Crippen molar-refractivity contribution in [2.24, 2.45) is 5.92 Å². The summed E-state index contributed by atoms with van der Waals surface area (Å²) in [5.41, 5.74) is 0. The van der Waals surface area contributed by atoms with Gasteiger partial charge in [0.2, 0.25) is 0 Å². The van der Waals surface area contributed by atoms with Crippen LogP contribution >= 0.6 is 0 Å². The number of ether oxygens (including phenoxy) is 2. The lowest BCUT2D eigenvalue weighted by Crippen LogP contribution is -2.33. The Hall–Kier alpha value is -0.650. The molecule has 5 heteroatoms. The third kappa shape index (κ3) is 26.9. The second-order valence-corrected chi connectivity index (χ2v) is 13.5. The summed E-state index contributed by atoms with van der Waals surface area (Å²) in [6.45, 7) is 9.68. The summed E-state index contributed by atoms with van der Waals surface area (Å²) < 4.78 is 11.2. The van der Waals surface area contributed by atoms with E-state index in [4.69, 9.17) is 9.47 Å². The normalized spacial score (nSPS) is 14.3. The smallest absolute Gasteiger partial charge is 0.305 e. The Labute approximate surface area is 263 Å². The number of carbonyl (C=O) groups is 1. The molecule has 1 saturated carbocycles. The lowest BCUT2D eigenvalue weighted by Gasteiger charge is -2.24. The molecule has 0 radical (unpaired) electrons. The first-order chi connectivity index (χ1) is 20.6. The summed E-state index contributed by atoms with van der Waals surface area (Å²) in [5, 5.41) is 0. The van der Waals surface area contributed by atoms with E-state index >= 15 is 0 Å². The van der Waals surface area contributed by atoms with Crippen LogP contribution in [0.3, 0.4) is 0 Å². The molecule has 0 atom stereocenters. The molecule has 0 spiro atoms. The predicted molar refractivity (Wildman–Crippen MR) is 181 cm³/mol. The molecule has 0 aromatic carbocycles. The molecule has 0 bridgehead atoms. The van der Waals surface area contributed by atoms with Gasteiger partial charge in [0.1, 0.15) is 0 Å². The summed E-state index contributed by atoms with van der Waals surface area (Å²) in [4.78, 5) is 17.0. The summed E-state index contributed by atoms with van der Waals surface area (Å²) in [5.74, 6) is 0.824. The molecule has 0 saturated heterocycles. The second-order valence-electron chi connectivity index (χ2n) is 13.5. The minimum atomic E-state index is 0.0259. The molecule has 0 N–H and O–H groups in total. The molecule has 5 nitrogen and oxygen atoms in total. The van der Waals surface area contributed by atoms with Gasteiger partial charge < -0.3 is 19.3 Å². The topological polar surface area (TPSA) is 42.0 Å². The molecule has 250 valence electrons. The highest BCUT2D eigenvalue weighted by molar-refractivity contribution is 5.69. The van der Waals surface area contributed by atoms with Crippen molar-refractivity contribution in [3.05, 3.63) is 0 Å². The summed E-state index contributed by atoms with van der Waals surface area (Å²) in [6, 6.07) is 0. The Morgan fingerprint density at radius 2 is 1.12 bits per heavy atom. The maximum absolute atomic E-state index is 12.0. The number of unbranched alkanes of at least 4 members (excludes halogenated alkanes) is 15. The van der Waals surface area contributed by atoms with E-state index in [1.807, 2.05) is 0 Å². The third-order valence-corrected chi connectivity index (χ3v) is 9.14. The Morgan fingerprint density at radius 3 is 1.69 bits per heavy atom. The predicted octanol–water partition coefficient (Wildman–Crippen LogP) is 9.81. The van der Waals surface area contributed by atoms with Crippen molar-refractivity contribution in [2.45, 2.75) is 167 Å². The van der Waals surface area contributed by atoms with Crippen LogP contribution in [0, 0.1) is 5.92 Å². The average Bonchev–Trinajstić information content (AvgIpc) is 2.99. The van der Waals surface area contributed by atoms with Crippen molar-refractivity contribution in [3.63, 3.8) is 0 Å². The first kappa shape index (κ1) is 39.4. The van der Waals surface area contributed by atoms with E-state index in [9.17, 15) is 4.79 Å². The fourth-order valence-electron chi connectivity index (χ4n) is 6.21. The van der Waals surface area contributed by atoms with E-state index in [1.165, 1.54) is 161 Å². The standard InChI is InChI=1S/C37H74N2O3/c1-4-5-23-33-41-34-24-16-12-7-6-10-14-21-29-39(32-31-38(2)3)30-22-15-11-8-9-13-20-27-37(40)42-35-28-36-25-18-17-19-26-36/h36H,4-35H2,1-3H3. The second kappa shape index (κ2) is 30.4. The van der Waals surface area contributed by atoms with Gasteiger partial charge in [-0.15, -0.1) is 0 Å². The maximum atomic E-state index is 12.0. The molecule has 0 heterocycles. The van der Waals surface area contributed by atoms with Crippen LogP contribution in [-0.2, 0) is 14.3 Å². The van der Waals surface area contributed by atoms with Crippen LogP contribution < -0.4 is 0 Å². The summed E-state index contributed by atoms with van der Waals surface area (Å²) >= 11 is 0. The number of nitrogens with zero attached hydrogens (tertiary/aromatic N) is 2. The summed E-state index contributed by atoms with van der Waals surface area (Å²) in [6.07, 6.45) is 31.9. The van der Waals surface area contributed by atoms with Crippen molar-refractivity contribution in [3.8, 4) is 0 Å². The number of carbonyl (C=O) groups excluding carboxylic acids is 1. The molecular weight excluding hydrogens is 520 g/mol. The highest BCUT2D eigenvalue weighted by atomic mass is 16.5. The van der Waals surface area contributed by atoms with Gasteiger partial charge in [0.25, 0.3) is 0 Å². The Kier molecular flexibility index (Phi) is 28.5. The first-order valence-corrected chi connectivity index (χ1v) is 18.7. The van der Waals surface area contributed by atoms with Crippen molar-refractivity contribution < 1.29 is 14.3 Å². The van der Waals surface area contributed by atoms with E-state index in [1.54, 1.807) is 0 Å². The first-order valence-electron chi connectivity index (χ1n) is 18.7. The van der Waals surface area contributed by atoms with Crippen molar-refractivity contribution in [2.75, 3.05) is 60.1 Å². The molecule has 42 heavy (non-hydrogen) atoms. The number of rotatable bonds is 31. The van der Waals surface area contributed by atoms with E-state index in [0.29, 0.717) is 13.0 Å². The molecule has 1 aliphatic rings. The van der Waals surface area contributed by atoms with Crippen LogP contribution in [0.15, 0.2) is 0 Å². The SMILES string of the molecule is CCCCCOCCCCCCCCCCN(CCCCCCCCCC(=O)OCCC1CCCCC1)CCN(C)C. The monoisotopic (exact) mass is 595 g/mol. The number of esters is 1. The van der Waals surface area contributed by atoms with Crippen LogP contribution in [-0.4, -0.2) is 75.9 Å². The van der Waals surface area contributed by atoms with Gasteiger partial charge in [-0.25, -0.2) is 0 Å². The molecule has 0 aromatic heterocycles. The highest BCUT2D eigenvalue weighted by Gasteiger charge is 2.14. The Morgan fingerprint density at radius 1 is 0.595 bits per heavy atom.